The lowest BCUT2D eigenvalue weighted by molar-refractivity contribution is 0.379. The van der Waals surface area contributed by atoms with Gasteiger partial charge in [0.15, 0.2) is 0 Å². The summed E-state index contributed by atoms with van der Waals surface area (Å²) in [6.07, 6.45) is 1.28. The minimum Gasteiger partial charge on any atom is -0.497 e. The quantitative estimate of drug-likeness (QED) is 0.795. The molecule has 0 radical (unpaired) electrons. The molecule has 0 saturated carbocycles. The van der Waals surface area contributed by atoms with E-state index in [4.69, 9.17) is 10.5 Å². The van der Waals surface area contributed by atoms with Crippen molar-refractivity contribution >= 4 is 10.0 Å². The number of nitrogens with two attached hydrogens (primary N) is 1. The van der Waals surface area contributed by atoms with Crippen LogP contribution in [0.3, 0.4) is 0 Å². The minimum absolute atomic E-state index is 0.227. The molecule has 1 unspecified atom stereocenters. The minimum atomic E-state index is -3.54. The van der Waals surface area contributed by atoms with Crippen molar-refractivity contribution in [3.8, 4) is 5.75 Å². The Balaban J connectivity index is 2.96. The third kappa shape index (κ3) is 4.19. The predicted molar refractivity (Wildman–Crippen MR) is 75.7 cm³/mol. The van der Waals surface area contributed by atoms with Crippen molar-refractivity contribution < 1.29 is 13.2 Å². The first-order chi connectivity index (χ1) is 8.87. The summed E-state index contributed by atoms with van der Waals surface area (Å²) in [7, 11) is -2.00. The summed E-state index contributed by atoms with van der Waals surface area (Å²) in [5, 5.41) is 0. The third-order valence-electron chi connectivity index (χ3n) is 3.23. The van der Waals surface area contributed by atoms with Crippen LogP contribution in [0.5, 0.6) is 5.75 Å². The molecule has 5 nitrogen and oxygen atoms in total. The van der Waals surface area contributed by atoms with E-state index >= 15 is 0 Å². The zero-order valence-corrected chi connectivity index (χ0v) is 12.5. The molecular weight excluding hydrogens is 264 g/mol. The molecule has 1 aromatic carbocycles. The monoisotopic (exact) mass is 286 g/mol. The van der Waals surface area contributed by atoms with E-state index in [0.717, 1.165) is 0 Å². The van der Waals surface area contributed by atoms with Crippen molar-refractivity contribution in [1.82, 2.24) is 4.72 Å². The van der Waals surface area contributed by atoms with E-state index in [9.17, 15) is 8.42 Å². The average molecular weight is 286 g/mol. The molecule has 0 aromatic heterocycles. The van der Waals surface area contributed by atoms with Gasteiger partial charge in [-0.1, -0.05) is 6.92 Å². The number of ether oxygens (including phenoxy) is 1. The Morgan fingerprint density at radius 3 is 2.32 bits per heavy atom. The molecule has 108 valence electrons. The second-order valence-corrected chi connectivity index (χ2v) is 6.42. The van der Waals surface area contributed by atoms with Crippen LogP contribution in [0, 0.1) is 0 Å². The molecule has 1 rings (SSSR count). The largest absolute Gasteiger partial charge is 0.497 e. The summed E-state index contributed by atoms with van der Waals surface area (Å²) < 4.78 is 32.3. The zero-order valence-electron chi connectivity index (χ0n) is 11.6. The lowest BCUT2D eigenvalue weighted by Crippen LogP contribution is -2.46. The topological polar surface area (TPSA) is 81.4 Å². The zero-order chi connectivity index (χ0) is 14.5. The summed E-state index contributed by atoms with van der Waals surface area (Å²) in [6.45, 7) is 4.24. The number of methoxy groups -OCH3 is 1. The molecule has 0 heterocycles. The van der Waals surface area contributed by atoms with E-state index in [0.29, 0.717) is 25.1 Å². The SMILES string of the molecule is CCC(C)(CCN)NS(=O)(=O)c1ccc(OC)cc1. The lowest BCUT2D eigenvalue weighted by Gasteiger charge is -2.28. The van der Waals surface area contributed by atoms with E-state index < -0.39 is 15.6 Å². The van der Waals surface area contributed by atoms with Gasteiger partial charge in [0.2, 0.25) is 10.0 Å². The average Bonchev–Trinajstić information content (AvgIpc) is 2.38. The van der Waals surface area contributed by atoms with Crippen LogP contribution < -0.4 is 15.2 Å². The van der Waals surface area contributed by atoms with E-state index in [1.165, 1.54) is 19.2 Å². The van der Waals surface area contributed by atoms with Gasteiger partial charge < -0.3 is 10.5 Å². The summed E-state index contributed by atoms with van der Waals surface area (Å²) in [6, 6.07) is 6.31. The normalized spacial score (nSPS) is 14.9. The first-order valence-electron chi connectivity index (χ1n) is 6.25. The Labute approximate surface area is 115 Å². The number of sulfonamides is 1. The Bertz CT molecular complexity index is 499. The van der Waals surface area contributed by atoms with Crippen LogP contribution >= 0.6 is 0 Å². The Morgan fingerprint density at radius 2 is 1.89 bits per heavy atom. The summed E-state index contributed by atoms with van der Waals surface area (Å²) in [4.78, 5) is 0.227. The van der Waals surface area contributed by atoms with Crippen molar-refractivity contribution in [2.75, 3.05) is 13.7 Å². The molecule has 0 amide bonds. The highest BCUT2D eigenvalue weighted by molar-refractivity contribution is 7.89. The molecule has 0 bridgehead atoms. The van der Waals surface area contributed by atoms with Gasteiger partial charge in [-0.2, -0.15) is 0 Å². The maximum atomic E-state index is 12.3. The Morgan fingerprint density at radius 1 is 1.32 bits per heavy atom. The van der Waals surface area contributed by atoms with Crippen LogP contribution in [0.4, 0.5) is 0 Å². The van der Waals surface area contributed by atoms with E-state index in [1.54, 1.807) is 12.1 Å². The highest BCUT2D eigenvalue weighted by atomic mass is 32.2. The van der Waals surface area contributed by atoms with Crippen LogP contribution in [0.25, 0.3) is 0 Å². The van der Waals surface area contributed by atoms with Gasteiger partial charge in [0.25, 0.3) is 0 Å². The van der Waals surface area contributed by atoms with Crippen molar-refractivity contribution in [1.29, 1.82) is 0 Å². The van der Waals surface area contributed by atoms with Crippen molar-refractivity contribution in [3.63, 3.8) is 0 Å². The van der Waals surface area contributed by atoms with Crippen LogP contribution in [-0.4, -0.2) is 27.6 Å². The van der Waals surface area contributed by atoms with Gasteiger partial charge in [-0.05, 0) is 50.6 Å². The number of hydrogen-bond donors (Lipinski definition) is 2. The summed E-state index contributed by atoms with van der Waals surface area (Å²) in [5.41, 5.74) is 5.01. The van der Waals surface area contributed by atoms with Crippen molar-refractivity contribution in [2.45, 2.75) is 37.1 Å². The molecule has 6 heteroatoms. The maximum Gasteiger partial charge on any atom is 0.241 e. The summed E-state index contributed by atoms with van der Waals surface area (Å²) in [5.74, 6) is 0.624. The maximum absolute atomic E-state index is 12.3. The smallest absolute Gasteiger partial charge is 0.241 e. The van der Waals surface area contributed by atoms with Crippen LogP contribution in [0.15, 0.2) is 29.2 Å². The van der Waals surface area contributed by atoms with Gasteiger partial charge >= 0.3 is 0 Å². The van der Waals surface area contributed by atoms with Gasteiger partial charge in [-0.15, -0.1) is 0 Å². The number of hydrogen-bond acceptors (Lipinski definition) is 4. The molecule has 0 saturated heterocycles. The molecular formula is C13H22N2O3S. The first kappa shape index (κ1) is 15.9. The van der Waals surface area contributed by atoms with E-state index in [-0.39, 0.29) is 4.90 Å². The lowest BCUT2D eigenvalue weighted by atomic mass is 9.96. The number of nitrogens with one attached hydrogen (secondary N) is 1. The van der Waals surface area contributed by atoms with E-state index in [2.05, 4.69) is 4.72 Å². The molecule has 3 N–H and O–H groups in total. The van der Waals surface area contributed by atoms with Crippen LogP contribution in [-0.2, 0) is 10.0 Å². The fourth-order valence-corrected chi connectivity index (χ4v) is 3.26. The summed E-state index contributed by atoms with van der Waals surface area (Å²) >= 11 is 0. The molecule has 0 aliphatic carbocycles. The van der Waals surface area contributed by atoms with Crippen LogP contribution in [0.2, 0.25) is 0 Å². The molecule has 0 aliphatic rings. The van der Waals surface area contributed by atoms with Gasteiger partial charge in [-0.3, -0.25) is 0 Å². The Kier molecular flexibility index (Phi) is 5.34. The highest BCUT2D eigenvalue weighted by Gasteiger charge is 2.28. The van der Waals surface area contributed by atoms with Crippen molar-refractivity contribution in [3.05, 3.63) is 24.3 Å². The van der Waals surface area contributed by atoms with Gasteiger partial charge in [0.05, 0.1) is 12.0 Å². The van der Waals surface area contributed by atoms with Gasteiger partial charge in [0, 0.05) is 5.54 Å². The van der Waals surface area contributed by atoms with Gasteiger partial charge in [0.1, 0.15) is 5.75 Å². The fourth-order valence-electron chi connectivity index (χ4n) is 1.76. The molecule has 0 fully saturated rings. The molecule has 1 aromatic rings. The molecule has 0 spiro atoms. The highest BCUT2D eigenvalue weighted by Crippen LogP contribution is 2.20. The number of benzene rings is 1. The Hall–Kier alpha value is -1.11. The standard InChI is InChI=1S/C13H22N2O3S/c1-4-13(2,9-10-14)15-19(16,17)12-7-5-11(18-3)6-8-12/h5-8,15H,4,9-10,14H2,1-3H3. The van der Waals surface area contributed by atoms with E-state index in [1.807, 2.05) is 13.8 Å². The molecule has 19 heavy (non-hydrogen) atoms. The van der Waals surface area contributed by atoms with Gasteiger partial charge in [-0.25, -0.2) is 13.1 Å². The van der Waals surface area contributed by atoms with Crippen molar-refractivity contribution in [2.24, 2.45) is 5.73 Å². The number of rotatable bonds is 7. The second kappa shape index (κ2) is 6.36. The van der Waals surface area contributed by atoms with Crippen LogP contribution in [0.1, 0.15) is 26.7 Å². The second-order valence-electron chi connectivity index (χ2n) is 4.73. The first-order valence-corrected chi connectivity index (χ1v) is 7.73. The molecule has 1 atom stereocenters. The predicted octanol–water partition coefficient (Wildman–Crippen LogP) is 1.49. The fraction of sp³-hybridized carbons (Fsp3) is 0.538. The third-order valence-corrected chi connectivity index (χ3v) is 4.88. The molecule has 0 aliphatic heterocycles.